The molecule has 74 valence electrons. The molecule has 0 radical (unpaired) electrons. The predicted molar refractivity (Wildman–Crippen MR) is 34.4 cm³/mol. The van der Waals surface area contributed by atoms with Gasteiger partial charge in [-0.25, -0.2) is 8.78 Å². The zero-order chi connectivity index (χ0) is 9.78. The van der Waals surface area contributed by atoms with Crippen LogP contribution in [0.5, 0.6) is 0 Å². The third kappa shape index (κ3) is 5.35. The Bertz CT molecular complexity index is 213. The van der Waals surface area contributed by atoms with Gasteiger partial charge < -0.3 is 9.84 Å². The minimum Gasteiger partial charge on any atom is -0.373 e. The lowest BCUT2D eigenvalue weighted by Gasteiger charge is -2.07. The standard InChI is InChI=1S/C4H8F2O5S/c5-3(6)1-11-2-4(7)12(8,9)10/h3-4,7H,1-2H2,(H,8,9,10). The number of aliphatic hydroxyl groups is 1. The molecule has 5 nitrogen and oxygen atoms in total. The summed E-state index contributed by atoms with van der Waals surface area (Å²) in [4.78, 5) is 0. The van der Waals surface area contributed by atoms with Crippen LogP contribution in [0.2, 0.25) is 0 Å². The van der Waals surface area contributed by atoms with Crippen molar-refractivity contribution in [2.75, 3.05) is 13.2 Å². The molecule has 0 saturated heterocycles. The van der Waals surface area contributed by atoms with Crippen molar-refractivity contribution in [3.8, 4) is 0 Å². The molecular formula is C4H8F2O5S. The second-order valence-electron chi connectivity index (χ2n) is 1.90. The Morgan fingerprint density at radius 2 is 1.83 bits per heavy atom. The van der Waals surface area contributed by atoms with E-state index in [4.69, 9.17) is 9.66 Å². The zero-order valence-corrected chi connectivity index (χ0v) is 6.67. The Labute approximate surface area is 67.7 Å². The first-order valence-corrected chi connectivity index (χ1v) is 4.34. The molecular weight excluding hydrogens is 198 g/mol. The van der Waals surface area contributed by atoms with Crippen molar-refractivity contribution in [2.24, 2.45) is 0 Å². The summed E-state index contributed by atoms with van der Waals surface area (Å²) in [6, 6.07) is 0. The van der Waals surface area contributed by atoms with E-state index in [9.17, 15) is 17.2 Å². The van der Waals surface area contributed by atoms with Crippen LogP contribution in [-0.2, 0) is 14.9 Å². The molecule has 0 aliphatic rings. The van der Waals surface area contributed by atoms with E-state index in [2.05, 4.69) is 4.74 Å². The predicted octanol–water partition coefficient (Wildman–Crippen LogP) is -0.526. The molecule has 0 fully saturated rings. The van der Waals surface area contributed by atoms with E-state index in [-0.39, 0.29) is 0 Å². The average molecular weight is 206 g/mol. The Hall–Kier alpha value is -0.310. The van der Waals surface area contributed by atoms with E-state index >= 15 is 0 Å². The minimum absolute atomic E-state index is 0.872. The molecule has 0 aromatic heterocycles. The first-order chi connectivity index (χ1) is 5.34. The number of ether oxygens (including phenoxy) is 1. The van der Waals surface area contributed by atoms with Gasteiger partial charge in [0.15, 0.2) is 0 Å². The minimum atomic E-state index is -4.62. The van der Waals surface area contributed by atoms with Gasteiger partial charge >= 0.3 is 0 Å². The van der Waals surface area contributed by atoms with Gasteiger partial charge in [0.2, 0.25) is 5.44 Å². The van der Waals surface area contributed by atoms with E-state index in [1.807, 2.05) is 0 Å². The highest BCUT2D eigenvalue weighted by Crippen LogP contribution is 1.97. The third-order valence-electron chi connectivity index (χ3n) is 0.848. The summed E-state index contributed by atoms with van der Waals surface area (Å²) in [5.74, 6) is 0. The van der Waals surface area contributed by atoms with Gasteiger partial charge in [0.05, 0.1) is 6.61 Å². The normalized spacial score (nSPS) is 15.1. The van der Waals surface area contributed by atoms with Crippen molar-refractivity contribution in [1.82, 2.24) is 0 Å². The van der Waals surface area contributed by atoms with Crippen LogP contribution in [0.3, 0.4) is 0 Å². The first-order valence-electron chi connectivity index (χ1n) is 2.84. The van der Waals surface area contributed by atoms with Crippen LogP contribution in [0.4, 0.5) is 8.78 Å². The molecule has 12 heavy (non-hydrogen) atoms. The third-order valence-corrected chi connectivity index (χ3v) is 1.67. The summed E-state index contributed by atoms with van der Waals surface area (Å²) in [7, 11) is -4.62. The van der Waals surface area contributed by atoms with Gasteiger partial charge in [0.1, 0.15) is 6.61 Å². The van der Waals surface area contributed by atoms with Gasteiger partial charge in [0.25, 0.3) is 16.5 Å². The number of hydrogen-bond acceptors (Lipinski definition) is 4. The summed E-state index contributed by atoms with van der Waals surface area (Å²) in [5.41, 5.74) is -2.17. The molecule has 0 aliphatic carbocycles. The summed E-state index contributed by atoms with van der Waals surface area (Å²) in [6.07, 6.45) is -2.74. The van der Waals surface area contributed by atoms with Crippen molar-refractivity contribution in [1.29, 1.82) is 0 Å². The van der Waals surface area contributed by atoms with Gasteiger partial charge in [-0.3, -0.25) is 4.55 Å². The Kier molecular flexibility index (Phi) is 4.53. The summed E-state index contributed by atoms with van der Waals surface area (Å²) < 4.78 is 55.0. The van der Waals surface area contributed by atoms with Gasteiger partial charge in [-0.2, -0.15) is 8.42 Å². The largest absolute Gasteiger partial charge is 0.373 e. The number of halogens is 2. The molecule has 0 heterocycles. The molecule has 0 amide bonds. The topological polar surface area (TPSA) is 83.8 Å². The molecule has 0 bridgehead atoms. The fourth-order valence-corrected chi connectivity index (χ4v) is 0.612. The summed E-state index contributed by atoms with van der Waals surface area (Å²) in [5, 5.41) is 8.49. The summed E-state index contributed by atoms with van der Waals surface area (Å²) >= 11 is 0. The van der Waals surface area contributed by atoms with Crippen LogP contribution >= 0.6 is 0 Å². The molecule has 1 unspecified atom stereocenters. The maximum atomic E-state index is 11.4. The van der Waals surface area contributed by atoms with E-state index in [0.29, 0.717) is 0 Å². The molecule has 0 spiro atoms. The number of aliphatic hydroxyl groups excluding tert-OH is 1. The number of rotatable bonds is 5. The van der Waals surface area contributed by atoms with Crippen LogP contribution in [-0.4, -0.2) is 43.2 Å². The highest BCUT2D eigenvalue weighted by Gasteiger charge is 2.19. The molecule has 0 rings (SSSR count). The van der Waals surface area contributed by atoms with Crippen molar-refractivity contribution in [2.45, 2.75) is 11.9 Å². The van der Waals surface area contributed by atoms with Crippen LogP contribution in [0.25, 0.3) is 0 Å². The lowest BCUT2D eigenvalue weighted by atomic mass is 10.7. The second kappa shape index (κ2) is 4.65. The van der Waals surface area contributed by atoms with E-state index < -0.39 is 35.2 Å². The first kappa shape index (κ1) is 11.7. The van der Waals surface area contributed by atoms with Crippen molar-refractivity contribution in [3.05, 3.63) is 0 Å². The highest BCUT2D eigenvalue weighted by atomic mass is 32.2. The van der Waals surface area contributed by atoms with Crippen molar-refractivity contribution < 1.29 is 31.6 Å². The lowest BCUT2D eigenvalue weighted by Crippen LogP contribution is -2.26. The molecule has 8 heteroatoms. The maximum Gasteiger partial charge on any atom is 0.294 e. The maximum absolute atomic E-state index is 11.4. The fourth-order valence-electron chi connectivity index (χ4n) is 0.344. The molecule has 0 aromatic carbocycles. The monoisotopic (exact) mass is 206 g/mol. The van der Waals surface area contributed by atoms with Crippen LogP contribution < -0.4 is 0 Å². The molecule has 0 aliphatic heterocycles. The molecule has 1 atom stereocenters. The number of alkyl halides is 2. The fraction of sp³-hybridized carbons (Fsp3) is 1.00. The summed E-state index contributed by atoms with van der Waals surface area (Å²) in [6.45, 7) is -1.85. The Balaban J connectivity index is 3.66. The number of hydrogen-bond donors (Lipinski definition) is 2. The van der Waals surface area contributed by atoms with Crippen LogP contribution in [0.1, 0.15) is 0 Å². The lowest BCUT2D eigenvalue weighted by molar-refractivity contribution is -0.00415. The van der Waals surface area contributed by atoms with Crippen molar-refractivity contribution in [3.63, 3.8) is 0 Å². The van der Waals surface area contributed by atoms with E-state index in [1.54, 1.807) is 0 Å². The Morgan fingerprint density at radius 1 is 1.33 bits per heavy atom. The molecule has 2 N–H and O–H groups in total. The van der Waals surface area contributed by atoms with Gasteiger partial charge in [0, 0.05) is 0 Å². The second-order valence-corrected chi connectivity index (χ2v) is 3.47. The van der Waals surface area contributed by atoms with Gasteiger partial charge in [-0.05, 0) is 0 Å². The molecule has 0 saturated carbocycles. The smallest absolute Gasteiger partial charge is 0.294 e. The zero-order valence-electron chi connectivity index (χ0n) is 5.85. The highest BCUT2D eigenvalue weighted by molar-refractivity contribution is 7.86. The Morgan fingerprint density at radius 3 is 2.17 bits per heavy atom. The van der Waals surface area contributed by atoms with E-state index in [0.717, 1.165) is 0 Å². The van der Waals surface area contributed by atoms with Crippen LogP contribution in [0, 0.1) is 0 Å². The van der Waals surface area contributed by atoms with Gasteiger partial charge in [-0.1, -0.05) is 0 Å². The van der Waals surface area contributed by atoms with Crippen LogP contribution in [0.15, 0.2) is 0 Å². The quantitative estimate of drug-likeness (QED) is 0.591. The van der Waals surface area contributed by atoms with Crippen molar-refractivity contribution >= 4 is 10.1 Å². The van der Waals surface area contributed by atoms with Gasteiger partial charge in [-0.15, -0.1) is 0 Å². The van der Waals surface area contributed by atoms with E-state index in [1.165, 1.54) is 0 Å². The average Bonchev–Trinajstić information content (AvgIpc) is 1.84. The molecule has 0 aromatic rings. The SMILES string of the molecule is O=S(=O)(O)C(O)COCC(F)F.